The number of halogens is 1. The summed E-state index contributed by atoms with van der Waals surface area (Å²) < 4.78 is 23.2. The zero-order chi connectivity index (χ0) is 20.5. The Morgan fingerprint density at radius 2 is 1.64 bits per heavy atom. The maximum atomic E-state index is 11.9. The fourth-order valence-electron chi connectivity index (χ4n) is 2.57. The van der Waals surface area contributed by atoms with Crippen molar-refractivity contribution in [3.05, 3.63) is 71.2 Å². The van der Waals surface area contributed by atoms with Crippen LogP contribution in [-0.2, 0) is 10.0 Å². The van der Waals surface area contributed by atoms with Gasteiger partial charge in [0.15, 0.2) is 0 Å². The molecule has 3 rings (SSSR count). The predicted octanol–water partition coefficient (Wildman–Crippen LogP) is 3.49. The Bertz CT molecular complexity index is 1160. The Labute approximate surface area is 171 Å². The fraction of sp³-hybridized carbons (Fsp3) is 0. The van der Waals surface area contributed by atoms with E-state index in [1.807, 2.05) is 12.1 Å². The van der Waals surface area contributed by atoms with Crippen LogP contribution in [0.3, 0.4) is 0 Å². The first-order chi connectivity index (χ1) is 13.1. The summed E-state index contributed by atoms with van der Waals surface area (Å²) in [4.78, 5) is 13.0. The standard InChI is InChI=1S/C19H16ClN3O3S2/c20-13-6-4-11(5-7-13)12-8-16(19(22)24)18(21)17(9-12)27-14-2-1-3-15(10-14)28(23,25)26/h1-10H,21H2,(H2,22,24)(H2,23,25,26). The molecule has 0 radical (unpaired) electrons. The summed E-state index contributed by atoms with van der Waals surface area (Å²) in [5, 5.41) is 5.78. The molecule has 0 fully saturated rings. The lowest BCUT2D eigenvalue weighted by molar-refractivity contribution is 0.100. The second-order valence-electron chi connectivity index (χ2n) is 5.93. The first-order valence-corrected chi connectivity index (χ1v) is 10.7. The molecule has 0 atom stereocenters. The van der Waals surface area contributed by atoms with Crippen LogP contribution in [0.1, 0.15) is 10.4 Å². The van der Waals surface area contributed by atoms with Crippen LogP contribution in [0.5, 0.6) is 0 Å². The van der Waals surface area contributed by atoms with Crippen molar-refractivity contribution in [1.29, 1.82) is 0 Å². The van der Waals surface area contributed by atoms with Gasteiger partial charge in [-0.1, -0.05) is 41.6 Å². The Morgan fingerprint density at radius 1 is 0.964 bits per heavy atom. The average Bonchev–Trinajstić information content (AvgIpc) is 2.63. The molecule has 0 bridgehead atoms. The Balaban J connectivity index is 2.10. The van der Waals surface area contributed by atoms with Crippen LogP contribution >= 0.6 is 23.4 Å². The number of nitrogen functional groups attached to an aromatic ring is 1. The van der Waals surface area contributed by atoms with E-state index < -0.39 is 15.9 Å². The molecule has 0 unspecified atom stereocenters. The first kappa shape index (κ1) is 20.2. The van der Waals surface area contributed by atoms with Gasteiger partial charge in [0.2, 0.25) is 10.0 Å². The van der Waals surface area contributed by atoms with Gasteiger partial charge >= 0.3 is 0 Å². The van der Waals surface area contributed by atoms with Gasteiger partial charge in [0.25, 0.3) is 5.91 Å². The Hall–Kier alpha value is -2.52. The molecule has 0 aromatic heterocycles. The Morgan fingerprint density at radius 3 is 2.25 bits per heavy atom. The van der Waals surface area contributed by atoms with Gasteiger partial charge in [-0.2, -0.15) is 0 Å². The highest BCUT2D eigenvalue weighted by atomic mass is 35.5. The molecule has 0 heterocycles. The maximum Gasteiger partial charge on any atom is 0.250 e. The van der Waals surface area contributed by atoms with Gasteiger partial charge in [-0.25, -0.2) is 13.6 Å². The van der Waals surface area contributed by atoms with Crippen LogP contribution in [-0.4, -0.2) is 14.3 Å². The molecule has 0 aliphatic heterocycles. The molecule has 0 saturated carbocycles. The summed E-state index contributed by atoms with van der Waals surface area (Å²) in [6, 6.07) is 16.7. The van der Waals surface area contributed by atoms with E-state index in [0.29, 0.717) is 14.8 Å². The molecule has 1 amide bonds. The zero-order valence-electron chi connectivity index (χ0n) is 14.4. The molecule has 0 aliphatic carbocycles. The summed E-state index contributed by atoms with van der Waals surface area (Å²) in [7, 11) is -3.84. The van der Waals surface area contributed by atoms with Crippen molar-refractivity contribution in [3.8, 4) is 11.1 Å². The number of benzene rings is 3. The normalized spacial score (nSPS) is 11.4. The number of sulfonamides is 1. The van der Waals surface area contributed by atoms with Crippen LogP contribution in [0.25, 0.3) is 11.1 Å². The first-order valence-electron chi connectivity index (χ1n) is 7.95. The number of hydrogen-bond acceptors (Lipinski definition) is 5. The number of primary amides is 1. The van der Waals surface area contributed by atoms with Crippen molar-refractivity contribution >= 4 is 45.0 Å². The van der Waals surface area contributed by atoms with Gasteiger partial charge in [-0.05, 0) is 53.6 Å². The SMILES string of the molecule is NC(=O)c1cc(-c2ccc(Cl)cc2)cc(Sc2cccc(S(N)(=O)=O)c2)c1N. The predicted molar refractivity (Wildman–Crippen MR) is 112 cm³/mol. The molecule has 144 valence electrons. The summed E-state index contributed by atoms with van der Waals surface area (Å²) in [5.41, 5.74) is 13.6. The van der Waals surface area contributed by atoms with Gasteiger partial charge in [0.05, 0.1) is 16.1 Å². The summed E-state index contributed by atoms with van der Waals surface area (Å²) in [6.07, 6.45) is 0. The molecule has 3 aromatic carbocycles. The van der Waals surface area contributed by atoms with Gasteiger partial charge in [-0.15, -0.1) is 0 Å². The number of nitrogens with two attached hydrogens (primary N) is 3. The number of carbonyl (C=O) groups excluding carboxylic acids is 1. The van der Waals surface area contributed by atoms with E-state index in [1.54, 1.807) is 36.4 Å². The molecule has 0 aliphatic rings. The lowest BCUT2D eigenvalue weighted by Gasteiger charge is -2.13. The smallest absolute Gasteiger partial charge is 0.250 e. The van der Waals surface area contributed by atoms with Crippen molar-refractivity contribution in [2.24, 2.45) is 10.9 Å². The van der Waals surface area contributed by atoms with Crippen LogP contribution < -0.4 is 16.6 Å². The minimum Gasteiger partial charge on any atom is -0.397 e. The maximum absolute atomic E-state index is 11.9. The topological polar surface area (TPSA) is 129 Å². The quantitative estimate of drug-likeness (QED) is 0.530. The molecular weight excluding hydrogens is 418 g/mol. The third-order valence-electron chi connectivity index (χ3n) is 3.95. The van der Waals surface area contributed by atoms with Crippen LogP contribution in [0.2, 0.25) is 5.02 Å². The van der Waals surface area contributed by atoms with E-state index in [1.165, 1.54) is 23.9 Å². The molecule has 28 heavy (non-hydrogen) atoms. The average molecular weight is 434 g/mol. The zero-order valence-corrected chi connectivity index (χ0v) is 16.8. The third kappa shape index (κ3) is 4.48. The molecule has 3 aromatic rings. The van der Waals surface area contributed by atoms with E-state index in [4.69, 9.17) is 28.2 Å². The van der Waals surface area contributed by atoms with Crippen LogP contribution in [0.15, 0.2) is 75.4 Å². The molecule has 0 spiro atoms. The second-order valence-corrected chi connectivity index (χ2v) is 9.04. The number of rotatable bonds is 5. The highest BCUT2D eigenvalue weighted by molar-refractivity contribution is 7.99. The molecule has 9 heteroatoms. The van der Waals surface area contributed by atoms with Crippen molar-refractivity contribution in [3.63, 3.8) is 0 Å². The Kier molecular flexibility index (Phi) is 5.66. The highest BCUT2D eigenvalue weighted by Gasteiger charge is 2.16. The minimum absolute atomic E-state index is 0.0138. The molecular formula is C19H16ClN3O3S2. The second kappa shape index (κ2) is 7.84. The number of carbonyl (C=O) groups is 1. The number of hydrogen-bond donors (Lipinski definition) is 3. The van der Waals surface area contributed by atoms with Gasteiger partial charge in [0, 0.05) is 14.8 Å². The third-order valence-corrected chi connectivity index (χ3v) is 6.16. The molecule has 6 nitrogen and oxygen atoms in total. The minimum atomic E-state index is -3.84. The summed E-state index contributed by atoms with van der Waals surface area (Å²) in [6.45, 7) is 0. The van der Waals surface area contributed by atoms with Gasteiger partial charge in [-0.3, -0.25) is 4.79 Å². The van der Waals surface area contributed by atoms with Crippen molar-refractivity contribution in [2.45, 2.75) is 14.7 Å². The van der Waals surface area contributed by atoms with Crippen LogP contribution in [0, 0.1) is 0 Å². The largest absolute Gasteiger partial charge is 0.397 e. The summed E-state index contributed by atoms with van der Waals surface area (Å²) in [5.74, 6) is -0.659. The van der Waals surface area contributed by atoms with E-state index in [9.17, 15) is 13.2 Å². The van der Waals surface area contributed by atoms with Crippen molar-refractivity contribution in [2.75, 3.05) is 5.73 Å². The number of anilines is 1. The van der Waals surface area contributed by atoms with E-state index >= 15 is 0 Å². The van der Waals surface area contributed by atoms with Crippen LogP contribution in [0.4, 0.5) is 5.69 Å². The lowest BCUT2D eigenvalue weighted by Crippen LogP contribution is -2.14. The van der Waals surface area contributed by atoms with E-state index in [0.717, 1.165) is 11.1 Å². The number of primary sulfonamides is 1. The van der Waals surface area contributed by atoms with Crippen molar-refractivity contribution < 1.29 is 13.2 Å². The van der Waals surface area contributed by atoms with Gasteiger partial charge < -0.3 is 11.5 Å². The monoisotopic (exact) mass is 433 g/mol. The van der Waals surface area contributed by atoms with Crippen molar-refractivity contribution in [1.82, 2.24) is 0 Å². The molecule has 0 saturated heterocycles. The lowest BCUT2D eigenvalue weighted by atomic mass is 10.0. The van der Waals surface area contributed by atoms with E-state index in [2.05, 4.69) is 0 Å². The highest BCUT2D eigenvalue weighted by Crippen LogP contribution is 2.38. The fourth-order valence-corrected chi connectivity index (χ4v) is 4.32. The molecule has 6 N–H and O–H groups in total. The van der Waals surface area contributed by atoms with E-state index in [-0.39, 0.29) is 16.1 Å². The van der Waals surface area contributed by atoms with Gasteiger partial charge in [0.1, 0.15) is 0 Å². The number of amides is 1. The summed E-state index contributed by atoms with van der Waals surface area (Å²) >= 11 is 7.15.